The second-order valence-corrected chi connectivity index (χ2v) is 7.27. The highest BCUT2D eigenvalue weighted by molar-refractivity contribution is 6.03. The molecule has 5 nitrogen and oxygen atoms in total. The molecule has 3 aromatic rings. The van der Waals surface area contributed by atoms with Crippen LogP contribution in [0.25, 0.3) is 22.2 Å². The smallest absolute Gasteiger partial charge is 0.411 e. The zero-order chi connectivity index (χ0) is 19.2. The normalized spacial score (nSPS) is 17.1. The van der Waals surface area contributed by atoms with Crippen molar-refractivity contribution in [2.24, 2.45) is 0 Å². The summed E-state index contributed by atoms with van der Waals surface area (Å²) in [6.07, 6.45) is -0.785. The van der Waals surface area contributed by atoms with Gasteiger partial charge in [0, 0.05) is 29.0 Å². The Labute approximate surface area is 158 Å². The van der Waals surface area contributed by atoms with Crippen LogP contribution in [0.4, 0.5) is 10.5 Å². The van der Waals surface area contributed by atoms with Crippen molar-refractivity contribution in [1.82, 2.24) is 4.98 Å². The van der Waals surface area contributed by atoms with E-state index in [4.69, 9.17) is 14.5 Å². The summed E-state index contributed by atoms with van der Waals surface area (Å²) in [4.78, 5) is 17.1. The predicted octanol–water partition coefficient (Wildman–Crippen LogP) is 5.06. The number of amides is 1. The molecule has 0 fully saturated rings. The van der Waals surface area contributed by atoms with E-state index in [1.807, 2.05) is 36.4 Å². The minimum atomic E-state index is -0.514. The third kappa shape index (κ3) is 2.58. The molecule has 1 amide bonds. The van der Waals surface area contributed by atoms with Gasteiger partial charge in [-0.25, -0.2) is 9.78 Å². The number of pyridine rings is 1. The second-order valence-electron chi connectivity index (χ2n) is 7.27. The number of hydrogen-bond donors (Lipinski definition) is 1. The van der Waals surface area contributed by atoms with Crippen LogP contribution in [0.3, 0.4) is 0 Å². The van der Waals surface area contributed by atoms with E-state index in [0.29, 0.717) is 5.69 Å². The molecule has 0 radical (unpaired) electrons. The van der Waals surface area contributed by atoms with Crippen LogP contribution in [0.2, 0.25) is 0 Å². The van der Waals surface area contributed by atoms with E-state index in [-0.39, 0.29) is 11.5 Å². The summed E-state index contributed by atoms with van der Waals surface area (Å²) in [5.74, 6) is 0. The summed E-state index contributed by atoms with van der Waals surface area (Å²) in [5.41, 5.74) is 5.16. The molecule has 0 saturated heterocycles. The molecular formula is C22H22N2O3. The number of carbonyl (C=O) groups excluding carboxylic acids is 1. The Morgan fingerprint density at radius 3 is 2.52 bits per heavy atom. The maximum absolute atomic E-state index is 12.1. The highest BCUT2D eigenvalue weighted by Crippen LogP contribution is 2.53. The van der Waals surface area contributed by atoms with E-state index in [9.17, 15) is 4.79 Å². The Balaban J connectivity index is 2.13. The van der Waals surface area contributed by atoms with Gasteiger partial charge in [-0.2, -0.15) is 0 Å². The molecule has 138 valence electrons. The highest BCUT2D eigenvalue weighted by Gasteiger charge is 2.43. The highest BCUT2D eigenvalue weighted by atomic mass is 16.5. The third-order valence-electron chi connectivity index (χ3n) is 5.37. The van der Waals surface area contributed by atoms with Gasteiger partial charge in [0.1, 0.15) is 0 Å². The van der Waals surface area contributed by atoms with Crippen molar-refractivity contribution in [2.75, 3.05) is 19.5 Å². The van der Waals surface area contributed by atoms with Crippen LogP contribution in [-0.4, -0.2) is 25.3 Å². The number of nitrogens with zero attached hydrogens (tertiary/aromatic N) is 1. The van der Waals surface area contributed by atoms with Crippen molar-refractivity contribution in [3.8, 4) is 11.3 Å². The Hall–Kier alpha value is -2.92. The van der Waals surface area contributed by atoms with Crippen LogP contribution in [0.1, 0.15) is 31.1 Å². The van der Waals surface area contributed by atoms with Crippen LogP contribution in [0.15, 0.2) is 48.5 Å². The second kappa shape index (κ2) is 6.35. The van der Waals surface area contributed by atoms with Crippen LogP contribution in [0.5, 0.6) is 0 Å². The lowest BCUT2D eigenvalue weighted by Crippen LogP contribution is -2.34. The molecule has 0 aliphatic heterocycles. The van der Waals surface area contributed by atoms with Gasteiger partial charge in [0.05, 0.1) is 30.1 Å². The fraction of sp³-hybridized carbons (Fsp3) is 0.273. The Morgan fingerprint density at radius 2 is 1.78 bits per heavy atom. The topological polar surface area (TPSA) is 60.5 Å². The molecule has 1 aromatic heterocycles. The number of para-hydroxylation sites is 1. The molecule has 4 rings (SSSR count). The largest absolute Gasteiger partial charge is 0.453 e. The van der Waals surface area contributed by atoms with E-state index in [1.54, 1.807) is 7.11 Å². The molecule has 1 atom stereocenters. The predicted molar refractivity (Wildman–Crippen MR) is 106 cm³/mol. The lowest BCUT2D eigenvalue weighted by Gasteiger charge is -2.41. The summed E-state index contributed by atoms with van der Waals surface area (Å²) in [6, 6.07) is 16.0. The number of methoxy groups -OCH3 is 2. The van der Waals surface area contributed by atoms with Crippen molar-refractivity contribution in [3.05, 3.63) is 59.7 Å². The van der Waals surface area contributed by atoms with Crippen LogP contribution < -0.4 is 5.32 Å². The number of fused-ring (bicyclic) bond motifs is 4. The molecule has 27 heavy (non-hydrogen) atoms. The van der Waals surface area contributed by atoms with Gasteiger partial charge >= 0.3 is 6.09 Å². The number of benzene rings is 2. The number of anilines is 1. The molecular weight excluding hydrogens is 340 g/mol. The SMILES string of the molecule is COC(=O)Nc1c2c(nc3ccccc13)-c1ccccc1C(C)(C)[C@@H]2OC. The molecule has 0 saturated carbocycles. The Morgan fingerprint density at radius 1 is 1.07 bits per heavy atom. The summed E-state index contributed by atoms with van der Waals surface area (Å²) in [5, 5.41) is 3.77. The maximum atomic E-state index is 12.1. The first-order valence-corrected chi connectivity index (χ1v) is 8.89. The Bertz CT molecular complexity index is 1040. The molecule has 0 spiro atoms. The Kier molecular flexibility index (Phi) is 4.12. The van der Waals surface area contributed by atoms with E-state index < -0.39 is 6.09 Å². The first-order valence-electron chi connectivity index (χ1n) is 8.89. The van der Waals surface area contributed by atoms with Gasteiger partial charge < -0.3 is 9.47 Å². The molecule has 1 aliphatic rings. The fourth-order valence-electron chi connectivity index (χ4n) is 4.14. The van der Waals surface area contributed by atoms with Gasteiger partial charge in [0.15, 0.2) is 0 Å². The lowest BCUT2D eigenvalue weighted by molar-refractivity contribution is 0.0438. The summed E-state index contributed by atoms with van der Waals surface area (Å²) in [7, 11) is 3.06. The summed E-state index contributed by atoms with van der Waals surface area (Å²) >= 11 is 0. The number of hydrogen-bond acceptors (Lipinski definition) is 4. The molecule has 1 aliphatic carbocycles. The molecule has 1 heterocycles. The number of aromatic nitrogens is 1. The number of nitrogens with one attached hydrogen (secondary N) is 1. The number of carbonyl (C=O) groups is 1. The molecule has 2 aromatic carbocycles. The fourth-order valence-corrected chi connectivity index (χ4v) is 4.14. The van der Waals surface area contributed by atoms with Gasteiger partial charge in [0.2, 0.25) is 0 Å². The van der Waals surface area contributed by atoms with Gasteiger partial charge in [-0.3, -0.25) is 5.32 Å². The quantitative estimate of drug-likeness (QED) is 0.692. The van der Waals surface area contributed by atoms with Crippen molar-refractivity contribution in [1.29, 1.82) is 0 Å². The van der Waals surface area contributed by atoms with E-state index in [2.05, 4.69) is 31.3 Å². The zero-order valence-electron chi connectivity index (χ0n) is 15.9. The van der Waals surface area contributed by atoms with Crippen molar-refractivity contribution in [3.63, 3.8) is 0 Å². The van der Waals surface area contributed by atoms with Crippen LogP contribution >= 0.6 is 0 Å². The molecule has 0 bridgehead atoms. The van der Waals surface area contributed by atoms with Crippen molar-refractivity contribution in [2.45, 2.75) is 25.4 Å². The summed E-state index contributed by atoms with van der Waals surface area (Å²) < 4.78 is 10.8. The van der Waals surface area contributed by atoms with Crippen LogP contribution in [0, 0.1) is 0 Å². The standard InChI is InChI=1S/C22H22N2O3/c1-22(2)15-11-7-5-9-13(15)18-17(20(22)26-3)19(24-21(25)27-4)14-10-6-8-12-16(14)23-18/h5-12,20H,1-4H3,(H,23,24,25)/t20-/m1/s1. The van der Waals surface area contributed by atoms with Gasteiger partial charge in [-0.15, -0.1) is 0 Å². The van der Waals surface area contributed by atoms with Gasteiger partial charge in [0.25, 0.3) is 0 Å². The third-order valence-corrected chi connectivity index (χ3v) is 5.37. The van der Waals surface area contributed by atoms with Crippen LogP contribution in [-0.2, 0) is 14.9 Å². The number of ether oxygens (including phenoxy) is 2. The number of rotatable bonds is 2. The van der Waals surface area contributed by atoms with Gasteiger partial charge in [-0.05, 0) is 11.6 Å². The zero-order valence-corrected chi connectivity index (χ0v) is 15.9. The lowest BCUT2D eigenvalue weighted by atomic mass is 9.68. The monoisotopic (exact) mass is 362 g/mol. The van der Waals surface area contributed by atoms with E-state index in [1.165, 1.54) is 12.7 Å². The van der Waals surface area contributed by atoms with Gasteiger partial charge in [-0.1, -0.05) is 56.3 Å². The minimum Gasteiger partial charge on any atom is -0.453 e. The minimum absolute atomic E-state index is 0.272. The summed E-state index contributed by atoms with van der Waals surface area (Å²) in [6.45, 7) is 4.31. The first-order chi connectivity index (χ1) is 13.0. The molecule has 0 unspecified atom stereocenters. The molecule has 5 heteroatoms. The van der Waals surface area contributed by atoms with Crippen molar-refractivity contribution < 1.29 is 14.3 Å². The average Bonchev–Trinajstić information content (AvgIpc) is 2.68. The molecule has 1 N–H and O–H groups in total. The maximum Gasteiger partial charge on any atom is 0.411 e. The van der Waals surface area contributed by atoms with E-state index in [0.717, 1.165) is 27.7 Å². The van der Waals surface area contributed by atoms with E-state index >= 15 is 0 Å². The van der Waals surface area contributed by atoms with Crippen molar-refractivity contribution >= 4 is 22.7 Å². The average molecular weight is 362 g/mol. The first kappa shape index (κ1) is 17.5.